The summed E-state index contributed by atoms with van der Waals surface area (Å²) in [5.41, 5.74) is 1.61. The molecule has 2 N–H and O–H groups in total. The van der Waals surface area contributed by atoms with Crippen LogP contribution in [0.25, 0.3) is 0 Å². The van der Waals surface area contributed by atoms with Crippen molar-refractivity contribution in [1.82, 2.24) is 9.97 Å². The number of rotatable bonds is 4. The van der Waals surface area contributed by atoms with E-state index in [0.717, 1.165) is 0 Å². The Hall–Kier alpha value is -3.63. The van der Waals surface area contributed by atoms with Gasteiger partial charge in [-0.15, -0.1) is 0 Å². The first-order chi connectivity index (χ1) is 13.0. The molecule has 0 aliphatic carbocycles. The van der Waals surface area contributed by atoms with Crippen LogP contribution in [-0.2, 0) is 0 Å². The lowest BCUT2D eigenvalue weighted by Crippen LogP contribution is -2.21. The first kappa shape index (κ1) is 18.2. The number of nitrogens with one attached hydrogen (secondary N) is 2. The number of ether oxygens (including phenoxy) is 1. The van der Waals surface area contributed by atoms with E-state index < -0.39 is 6.03 Å². The van der Waals surface area contributed by atoms with Crippen molar-refractivity contribution in [3.8, 4) is 17.7 Å². The normalized spacial score (nSPS) is 9.96. The summed E-state index contributed by atoms with van der Waals surface area (Å²) in [6.45, 7) is 1.75. The molecule has 0 spiro atoms. The number of amides is 2. The number of nitriles is 1. The van der Waals surface area contributed by atoms with Gasteiger partial charge in [-0.25, -0.2) is 9.78 Å². The van der Waals surface area contributed by atoms with Gasteiger partial charge in [-0.05, 0) is 43.3 Å². The van der Waals surface area contributed by atoms with Crippen LogP contribution in [0.2, 0.25) is 5.02 Å². The van der Waals surface area contributed by atoms with Crippen LogP contribution in [0.3, 0.4) is 0 Å². The minimum absolute atomic E-state index is 0.0863. The molecule has 0 bridgehead atoms. The number of anilines is 2. The lowest BCUT2D eigenvalue weighted by molar-refractivity contribution is 0.262. The first-order valence-corrected chi connectivity index (χ1v) is 8.27. The number of nitrogens with zero attached hydrogens (tertiary/aromatic N) is 3. The second-order valence-corrected chi connectivity index (χ2v) is 5.88. The molecule has 0 saturated carbocycles. The Morgan fingerprint density at radius 2 is 1.85 bits per heavy atom. The maximum absolute atomic E-state index is 12.2. The van der Waals surface area contributed by atoms with E-state index in [1.54, 1.807) is 61.5 Å². The highest BCUT2D eigenvalue weighted by Gasteiger charge is 2.10. The third-order valence-corrected chi connectivity index (χ3v) is 3.71. The number of halogens is 1. The number of carbonyl (C=O) groups excluding carboxylic acids is 1. The van der Waals surface area contributed by atoms with E-state index in [1.165, 1.54) is 0 Å². The maximum Gasteiger partial charge on any atom is 0.326 e. The predicted octanol–water partition coefficient (Wildman–Crippen LogP) is 4.75. The first-order valence-electron chi connectivity index (χ1n) is 7.90. The Bertz CT molecular complexity index is 1020. The van der Waals surface area contributed by atoms with Gasteiger partial charge in [-0.3, -0.25) is 5.32 Å². The number of urea groups is 1. The highest BCUT2D eigenvalue weighted by atomic mass is 35.5. The summed E-state index contributed by atoms with van der Waals surface area (Å²) in [6.07, 6.45) is 0. The average Bonchev–Trinajstić information content (AvgIpc) is 2.64. The fourth-order valence-corrected chi connectivity index (χ4v) is 2.37. The maximum atomic E-state index is 12.2. The van der Waals surface area contributed by atoms with Gasteiger partial charge in [-0.1, -0.05) is 23.7 Å². The Morgan fingerprint density at radius 1 is 1.11 bits per heavy atom. The predicted molar refractivity (Wildman–Crippen MR) is 102 cm³/mol. The fourth-order valence-electron chi connectivity index (χ4n) is 2.18. The number of para-hydroxylation sites is 1. The van der Waals surface area contributed by atoms with Crippen LogP contribution in [-0.4, -0.2) is 16.0 Å². The van der Waals surface area contributed by atoms with Crippen molar-refractivity contribution >= 4 is 29.3 Å². The van der Waals surface area contributed by atoms with Gasteiger partial charge in [0.1, 0.15) is 5.75 Å². The lowest BCUT2D eigenvalue weighted by atomic mass is 10.2. The Balaban J connectivity index is 1.72. The molecule has 1 heterocycles. The van der Waals surface area contributed by atoms with Crippen molar-refractivity contribution in [1.29, 1.82) is 5.26 Å². The van der Waals surface area contributed by atoms with E-state index in [-0.39, 0.29) is 11.8 Å². The molecule has 0 radical (unpaired) electrons. The van der Waals surface area contributed by atoms with Gasteiger partial charge in [0.2, 0.25) is 11.8 Å². The number of hydrogen-bond acceptors (Lipinski definition) is 5. The quantitative estimate of drug-likeness (QED) is 0.681. The van der Waals surface area contributed by atoms with Crippen LogP contribution in [0.5, 0.6) is 11.6 Å². The van der Waals surface area contributed by atoms with E-state index >= 15 is 0 Å². The molecule has 134 valence electrons. The highest BCUT2D eigenvalue weighted by Crippen LogP contribution is 2.22. The second-order valence-electron chi connectivity index (χ2n) is 5.47. The molecule has 2 amide bonds. The summed E-state index contributed by atoms with van der Waals surface area (Å²) >= 11 is 6.02. The van der Waals surface area contributed by atoms with Crippen molar-refractivity contribution in [2.45, 2.75) is 6.92 Å². The van der Waals surface area contributed by atoms with Gasteiger partial charge >= 0.3 is 6.03 Å². The second kappa shape index (κ2) is 8.17. The summed E-state index contributed by atoms with van der Waals surface area (Å²) in [7, 11) is 0. The van der Waals surface area contributed by atoms with E-state index in [0.29, 0.717) is 27.7 Å². The van der Waals surface area contributed by atoms with Gasteiger partial charge in [0.05, 0.1) is 22.3 Å². The van der Waals surface area contributed by atoms with Crippen LogP contribution in [0, 0.1) is 18.3 Å². The molecule has 0 aliphatic rings. The largest absolute Gasteiger partial charge is 0.439 e. The van der Waals surface area contributed by atoms with E-state index in [2.05, 4.69) is 20.6 Å². The monoisotopic (exact) mass is 379 g/mol. The average molecular weight is 380 g/mol. The van der Waals surface area contributed by atoms with Crippen molar-refractivity contribution < 1.29 is 9.53 Å². The summed E-state index contributed by atoms with van der Waals surface area (Å²) in [4.78, 5) is 20.5. The van der Waals surface area contributed by atoms with Crippen LogP contribution in [0.4, 0.5) is 16.4 Å². The number of aromatic nitrogens is 2. The van der Waals surface area contributed by atoms with Gasteiger partial charge in [0, 0.05) is 11.8 Å². The zero-order valence-electron chi connectivity index (χ0n) is 14.2. The summed E-state index contributed by atoms with van der Waals surface area (Å²) in [5, 5.41) is 14.4. The SMILES string of the molecule is Cc1cc(Oc2ccc(C#N)cc2)nc(NC(=O)Nc2ccccc2Cl)n1. The standard InChI is InChI=1S/C19H14ClN5O2/c1-12-10-17(27-14-8-6-13(11-21)7-9-14)24-18(22-12)25-19(26)23-16-5-3-2-4-15(16)20/h2-10H,1H3,(H2,22,23,24,25,26). The minimum Gasteiger partial charge on any atom is -0.439 e. The topological polar surface area (TPSA) is 99.9 Å². The molecule has 7 nitrogen and oxygen atoms in total. The van der Waals surface area contributed by atoms with Gasteiger partial charge < -0.3 is 10.1 Å². The number of benzene rings is 2. The van der Waals surface area contributed by atoms with E-state index in [4.69, 9.17) is 21.6 Å². The van der Waals surface area contributed by atoms with Gasteiger partial charge in [0.25, 0.3) is 0 Å². The molecule has 0 saturated heterocycles. The number of aryl methyl sites for hydroxylation is 1. The van der Waals surface area contributed by atoms with E-state index in [1.807, 2.05) is 6.07 Å². The zero-order valence-corrected chi connectivity index (χ0v) is 15.0. The fraction of sp³-hybridized carbons (Fsp3) is 0.0526. The smallest absolute Gasteiger partial charge is 0.326 e. The molecule has 2 aromatic carbocycles. The van der Waals surface area contributed by atoms with Crippen LogP contribution < -0.4 is 15.4 Å². The van der Waals surface area contributed by atoms with Crippen molar-refractivity contribution in [2.75, 3.05) is 10.6 Å². The molecular weight excluding hydrogens is 366 g/mol. The van der Waals surface area contributed by atoms with Crippen molar-refractivity contribution in [3.05, 3.63) is 70.9 Å². The van der Waals surface area contributed by atoms with E-state index in [9.17, 15) is 4.79 Å². The summed E-state index contributed by atoms with van der Waals surface area (Å²) in [5.74, 6) is 0.863. The molecule has 3 rings (SSSR count). The molecule has 0 unspecified atom stereocenters. The zero-order chi connectivity index (χ0) is 19.2. The van der Waals surface area contributed by atoms with Gasteiger partial charge in [0.15, 0.2) is 0 Å². The molecule has 8 heteroatoms. The molecule has 0 aliphatic heterocycles. The molecule has 0 atom stereocenters. The minimum atomic E-state index is -0.530. The Morgan fingerprint density at radius 3 is 2.56 bits per heavy atom. The Labute approximate surface area is 160 Å². The molecular formula is C19H14ClN5O2. The molecule has 27 heavy (non-hydrogen) atoms. The highest BCUT2D eigenvalue weighted by molar-refractivity contribution is 6.33. The molecule has 3 aromatic rings. The Kier molecular flexibility index (Phi) is 5.50. The van der Waals surface area contributed by atoms with Crippen LogP contribution >= 0.6 is 11.6 Å². The third-order valence-electron chi connectivity index (χ3n) is 3.38. The summed E-state index contributed by atoms with van der Waals surface area (Å²) < 4.78 is 5.66. The summed E-state index contributed by atoms with van der Waals surface area (Å²) in [6, 6.07) is 16.6. The number of carbonyl (C=O) groups is 1. The van der Waals surface area contributed by atoms with Gasteiger partial charge in [-0.2, -0.15) is 10.2 Å². The van der Waals surface area contributed by atoms with Crippen LogP contribution in [0.1, 0.15) is 11.3 Å². The number of hydrogen-bond donors (Lipinski definition) is 2. The van der Waals surface area contributed by atoms with Crippen molar-refractivity contribution in [2.24, 2.45) is 0 Å². The molecule has 1 aromatic heterocycles. The third kappa shape index (κ3) is 4.93. The lowest BCUT2D eigenvalue weighted by Gasteiger charge is -2.10. The molecule has 0 fully saturated rings. The van der Waals surface area contributed by atoms with Crippen molar-refractivity contribution in [3.63, 3.8) is 0 Å². The van der Waals surface area contributed by atoms with Crippen LogP contribution in [0.15, 0.2) is 54.6 Å².